The Morgan fingerprint density at radius 2 is 1.77 bits per heavy atom. The average molecular weight is 363 g/mol. The molecule has 1 heterocycles. The van der Waals surface area contributed by atoms with Crippen LogP contribution in [0.4, 0.5) is 4.39 Å². The van der Waals surface area contributed by atoms with Crippen LogP contribution >= 0.6 is 0 Å². The quantitative estimate of drug-likeness (QED) is 0.568. The van der Waals surface area contributed by atoms with E-state index in [-0.39, 0.29) is 18.2 Å². The number of para-hydroxylation sites is 1. The van der Waals surface area contributed by atoms with Crippen molar-refractivity contribution in [1.29, 1.82) is 0 Å². The number of carbonyl (C=O) groups excluding carboxylic acids is 2. The third-order valence-electron chi connectivity index (χ3n) is 4.03. The second-order valence-electron chi connectivity index (χ2n) is 6.33. The molecule has 26 heavy (non-hydrogen) atoms. The maximum atomic E-state index is 12.8. The molecular formula is C18H22FN3O4. The number of carboxylic acid groups (broad SMARTS) is 1. The van der Waals surface area contributed by atoms with E-state index >= 15 is 0 Å². The van der Waals surface area contributed by atoms with Crippen molar-refractivity contribution in [1.82, 2.24) is 15.6 Å². The molecule has 1 aromatic carbocycles. The number of hydrogen-bond acceptors (Lipinski definition) is 3. The first-order valence-corrected chi connectivity index (χ1v) is 8.28. The molecule has 140 valence electrons. The molecule has 8 heteroatoms. The summed E-state index contributed by atoms with van der Waals surface area (Å²) in [7, 11) is 0. The van der Waals surface area contributed by atoms with E-state index < -0.39 is 30.6 Å². The third-order valence-corrected chi connectivity index (χ3v) is 4.03. The summed E-state index contributed by atoms with van der Waals surface area (Å²) >= 11 is 0. The molecule has 0 aliphatic carbocycles. The first-order valence-electron chi connectivity index (χ1n) is 8.28. The Morgan fingerprint density at radius 1 is 1.12 bits per heavy atom. The van der Waals surface area contributed by atoms with Crippen molar-refractivity contribution in [3.8, 4) is 0 Å². The minimum Gasteiger partial charge on any atom is -0.480 e. The van der Waals surface area contributed by atoms with E-state index in [2.05, 4.69) is 15.6 Å². The van der Waals surface area contributed by atoms with Crippen LogP contribution in [0, 0.1) is 5.92 Å². The molecule has 2 aromatic rings. The SMILES string of the molecule is CC(C)C(=O)NC(Cc1c[nH]c2ccccc12)C(=O)NC(CF)C(=O)O. The molecule has 0 spiro atoms. The van der Waals surface area contributed by atoms with Crippen LogP contribution in [0.2, 0.25) is 0 Å². The minimum absolute atomic E-state index is 0.146. The van der Waals surface area contributed by atoms with Gasteiger partial charge >= 0.3 is 5.97 Å². The highest BCUT2D eigenvalue weighted by Gasteiger charge is 2.28. The Balaban J connectivity index is 2.24. The van der Waals surface area contributed by atoms with Crippen LogP contribution < -0.4 is 10.6 Å². The van der Waals surface area contributed by atoms with Gasteiger partial charge in [0.2, 0.25) is 11.8 Å². The molecule has 2 rings (SSSR count). The summed E-state index contributed by atoms with van der Waals surface area (Å²) in [5.74, 6) is -2.92. The maximum Gasteiger partial charge on any atom is 0.328 e. The molecule has 0 radical (unpaired) electrons. The fraction of sp³-hybridized carbons (Fsp3) is 0.389. The van der Waals surface area contributed by atoms with Crippen LogP contribution in [-0.2, 0) is 20.8 Å². The van der Waals surface area contributed by atoms with E-state index in [1.165, 1.54) is 0 Å². The summed E-state index contributed by atoms with van der Waals surface area (Å²) in [6.45, 7) is 2.12. The number of hydrogen-bond donors (Lipinski definition) is 4. The average Bonchev–Trinajstić information content (AvgIpc) is 3.01. The van der Waals surface area contributed by atoms with Gasteiger partial charge in [-0.1, -0.05) is 32.0 Å². The van der Waals surface area contributed by atoms with Gasteiger partial charge < -0.3 is 20.7 Å². The van der Waals surface area contributed by atoms with Gasteiger partial charge in [-0.25, -0.2) is 9.18 Å². The van der Waals surface area contributed by atoms with Gasteiger partial charge in [-0.05, 0) is 11.6 Å². The Labute approximate surface area is 150 Å². The number of carboxylic acids is 1. The fourth-order valence-corrected chi connectivity index (χ4v) is 2.51. The Bertz CT molecular complexity index is 803. The standard InChI is InChI=1S/C18H22FN3O4/c1-10(2)16(23)21-14(17(24)22-15(8-19)18(25)26)7-11-9-20-13-6-4-3-5-12(11)13/h3-6,9-10,14-15,20H,7-8H2,1-2H3,(H,21,23)(H,22,24)(H,25,26). The van der Waals surface area contributed by atoms with Gasteiger partial charge in [0.15, 0.2) is 6.04 Å². The van der Waals surface area contributed by atoms with Crippen LogP contribution in [0.5, 0.6) is 0 Å². The van der Waals surface area contributed by atoms with Gasteiger partial charge in [-0.15, -0.1) is 0 Å². The van der Waals surface area contributed by atoms with Gasteiger partial charge in [0.25, 0.3) is 0 Å². The van der Waals surface area contributed by atoms with E-state index in [0.717, 1.165) is 16.5 Å². The predicted molar refractivity (Wildman–Crippen MR) is 94.3 cm³/mol. The van der Waals surface area contributed by atoms with Crippen molar-refractivity contribution in [3.63, 3.8) is 0 Å². The summed E-state index contributed by atoms with van der Waals surface area (Å²) in [6.07, 6.45) is 1.88. The number of amides is 2. The number of aromatic amines is 1. The number of halogens is 1. The zero-order valence-corrected chi connectivity index (χ0v) is 14.6. The molecule has 2 amide bonds. The molecular weight excluding hydrogens is 341 g/mol. The van der Waals surface area contributed by atoms with Gasteiger partial charge in [0.05, 0.1) is 0 Å². The first-order chi connectivity index (χ1) is 12.3. The number of aliphatic carboxylic acids is 1. The predicted octanol–water partition coefficient (Wildman–Crippen LogP) is 1.39. The summed E-state index contributed by atoms with van der Waals surface area (Å²) < 4.78 is 12.8. The van der Waals surface area contributed by atoms with Crippen molar-refractivity contribution in [2.75, 3.05) is 6.67 Å². The normalized spacial score (nSPS) is 13.4. The Hall–Kier alpha value is -2.90. The first kappa shape index (κ1) is 19.4. The minimum atomic E-state index is -1.65. The highest BCUT2D eigenvalue weighted by atomic mass is 19.1. The lowest BCUT2D eigenvalue weighted by molar-refractivity contribution is -0.142. The highest BCUT2D eigenvalue weighted by Crippen LogP contribution is 2.19. The molecule has 2 unspecified atom stereocenters. The highest BCUT2D eigenvalue weighted by molar-refractivity contribution is 5.92. The molecule has 0 saturated carbocycles. The summed E-state index contributed by atoms with van der Waals surface area (Å²) in [5.41, 5.74) is 1.67. The summed E-state index contributed by atoms with van der Waals surface area (Å²) in [5, 5.41) is 14.6. The fourth-order valence-electron chi connectivity index (χ4n) is 2.51. The third kappa shape index (κ3) is 4.59. The molecule has 1 aromatic heterocycles. The van der Waals surface area contributed by atoms with Crippen molar-refractivity contribution in [2.45, 2.75) is 32.4 Å². The molecule has 7 nitrogen and oxygen atoms in total. The summed E-state index contributed by atoms with van der Waals surface area (Å²) in [6, 6.07) is 4.81. The molecule has 0 aliphatic heterocycles. The smallest absolute Gasteiger partial charge is 0.328 e. The van der Waals surface area contributed by atoms with Crippen molar-refractivity contribution >= 4 is 28.7 Å². The number of rotatable bonds is 8. The van der Waals surface area contributed by atoms with Crippen LogP contribution in [0.1, 0.15) is 19.4 Å². The Kier molecular flexibility index (Phi) is 6.32. The second-order valence-corrected chi connectivity index (χ2v) is 6.33. The van der Waals surface area contributed by atoms with Crippen molar-refractivity contribution < 1.29 is 23.9 Å². The number of carbonyl (C=O) groups is 3. The van der Waals surface area contributed by atoms with Crippen LogP contribution in [0.3, 0.4) is 0 Å². The van der Waals surface area contributed by atoms with Crippen molar-refractivity contribution in [2.24, 2.45) is 5.92 Å². The van der Waals surface area contributed by atoms with Crippen molar-refractivity contribution in [3.05, 3.63) is 36.0 Å². The van der Waals surface area contributed by atoms with E-state index in [0.29, 0.717) is 0 Å². The van der Waals surface area contributed by atoms with Gasteiger partial charge in [-0.2, -0.15) is 0 Å². The van der Waals surface area contributed by atoms with Gasteiger partial charge in [0, 0.05) is 29.4 Å². The van der Waals surface area contributed by atoms with E-state index in [1.54, 1.807) is 20.0 Å². The van der Waals surface area contributed by atoms with Gasteiger partial charge in [-0.3, -0.25) is 9.59 Å². The largest absolute Gasteiger partial charge is 0.480 e. The van der Waals surface area contributed by atoms with E-state index in [1.807, 2.05) is 24.3 Å². The number of benzene rings is 1. The lowest BCUT2D eigenvalue weighted by Gasteiger charge is -2.21. The number of fused-ring (bicyclic) bond motifs is 1. The number of H-pyrrole nitrogens is 1. The topological polar surface area (TPSA) is 111 Å². The zero-order valence-electron chi connectivity index (χ0n) is 14.6. The van der Waals surface area contributed by atoms with E-state index in [4.69, 9.17) is 5.11 Å². The summed E-state index contributed by atoms with van der Waals surface area (Å²) in [4.78, 5) is 38.6. The van der Waals surface area contributed by atoms with Crippen LogP contribution in [0.25, 0.3) is 10.9 Å². The molecule has 0 fully saturated rings. The lowest BCUT2D eigenvalue weighted by Crippen LogP contribution is -2.53. The van der Waals surface area contributed by atoms with Gasteiger partial charge in [0.1, 0.15) is 12.7 Å². The van der Waals surface area contributed by atoms with E-state index in [9.17, 15) is 18.8 Å². The monoisotopic (exact) mass is 363 g/mol. The zero-order chi connectivity index (χ0) is 19.3. The maximum absolute atomic E-state index is 12.8. The lowest BCUT2D eigenvalue weighted by atomic mass is 10.0. The molecule has 2 atom stereocenters. The molecule has 0 bridgehead atoms. The number of nitrogens with one attached hydrogen (secondary N) is 3. The number of aromatic nitrogens is 1. The number of alkyl halides is 1. The molecule has 0 aliphatic rings. The second kappa shape index (κ2) is 8.46. The molecule has 4 N–H and O–H groups in total. The Morgan fingerprint density at radius 3 is 2.38 bits per heavy atom. The van der Waals surface area contributed by atoms with Crippen LogP contribution in [0.15, 0.2) is 30.5 Å². The molecule has 0 saturated heterocycles. The van der Waals surface area contributed by atoms with Crippen LogP contribution in [-0.4, -0.2) is 46.6 Å².